The summed E-state index contributed by atoms with van der Waals surface area (Å²) in [6.45, 7) is 0.133. The van der Waals surface area contributed by atoms with Crippen LogP contribution in [0.1, 0.15) is 28.5 Å². The van der Waals surface area contributed by atoms with Crippen LogP contribution in [-0.2, 0) is 4.79 Å². The van der Waals surface area contributed by atoms with Gasteiger partial charge in [0, 0.05) is 23.5 Å². The molecule has 0 amide bonds. The van der Waals surface area contributed by atoms with Crippen LogP contribution in [0.25, 0.3) is 0 Å². The average molecular weight is 376 g/mol. The molecule has 0 aromatic heterocycles. The number of aliphatic carboxylic acids is 1. The second-order valence-corrected chi connectivity index (χ2v) is 6.78. The molecule has 0 aliphatic carbocycles. The van der Waals surface area contributed by atoms with E-state index in [-0.39, 0.29) is 24.2 Å². The largest absolute Gasteiger partial charge is 0.508 e. The van der Waals surface area contributed by atoms with Crippen LogP contribution in [0.3, 0.4) is 0 Å². The van der Waals surface area contributed by atoms with Crippen molar-refractivity contribution in [3.63, 3.8) is 0 Å². The van der Waals surface area contributed by atoms with Crippen molar-refractivity contribution in [1.29, 1.82) is 0 Å². The summed E-state index contributed by atoms with van der Waals surface area (Å²) in [5.41, 5.74) is 3.27. The van der Waals surface area contributed by atoms with E-state index in [9.17, 15) is 9.90 Å². The summed E-state index contributed by atoms with van der Waals surface area (Å²) in [6.07, 6.45) is 0. The highest BCUT2D eigenvalue weighted by atomic mass is 16.5. The van der Waals surface area contributed by atoms with Gasteiger partial charge in [-0.15, -0.1) is 0 Å². The number of ether oxygens (including phenoxy) is 2. The molecule has 142 valence electrons. The first-order valence-electron chi connectivity index (χ1n) is 9.07. The number of carboxylic acids is 1. The van der Waals surface area contributed by atoms with Crippen molar-refractivity contribution in [3.8, 4) is 17.2 Å². The molecule has 28 heavy (non-hydrogen) atoms. The van der Waals surface area contributed by atoms with Gasteiger partial charge in [-0.2, -0.15) is 0 Å². The van der Waals surface area contributed by atoms with Crippen LogP contribution in [0.5, 0.6) is 17.2 Å². The molecule has 0 unspecified atom stereocenters. The van der Waals surface area contributed by atoms with Crippen LogP contribution in [0.15, 0.2) is 72.8 Å². The summed E-state index contributed by atoms with van der Waals surface area (Å²) >= 11 is 0. The Labute approximate surface area is 162 Å². The molecule has 1 aliphatic rings. The van der Waals surface area contributed by atoms with E-state index in [1.807, 2.05) is 36.4 Å². The Morgan fingerprint density at radius 3 is 2.46 bits per heavy atom. The van der Waals surface area contributed by atoms with Gasteiger partial charge in [-0.3, -0.25) is 0 Å². The zero-order valence-corrected chi connectivity index (χ0v) is 15.1. The molecule has 3 aromatic rings. The predicted octanol–water partition coefficient (Wildman–Crippen LogP) is 4.16. The highest BCUT2D eigenvalue weighted by molar-refractivity contribution is 5.68. The molecular weight excluding hydrogens is 356 g/mol. The zero-order chi connectivity index (χ0) is 19.5. The van der Waals surface area contributed by atoms with E-state index in [1.54, 1.807) is 24.3 Å². The molecule has 2 atom stereocenters. The Balaban J connectivity index is 1.72. The number of hydrogen-bond acceptors (Lipinski definition) is 4. The lowest BCUT2D eigenvalue weighted by molar-refractivity contribution is -0.139. The van der Waals surface area contributed by atoms with Gasteiger partial charge in [0.1, 0.15) is 17.2 Å². The van der Waals surface area contributed by atoms with Crippen molar-refractivity contribution < 1.29 is 24.5 Å². The van der Waals surface area contributed by atoms with E-state index < -0.39 is 5.97 Å². The smallest absolute Gasteiger partial charge is 0.341 e. The quantitative estimate of drug-likeness (QED) is 0.699. The molecule has 0 radical (unpaired) electrons. The highest BCUT2D eigenvalue weighted by Gasteiger charge is 2.33. The third-order valence-electron chi connectivity index (χ3n) is 4.98. The van der Waals surface area contributed by atoms with Gasteiger partial charge in [0.2, 0.25) is 0 Å². The minimum atomic E-state index is -1.01. The molecule has 0 saturated carbocycles. The van der Waals surface area contributed by atoms with Crippen LogP contribution in [0.4, 0.5) is 0 Å². The molecule has 3 aromatic carbocycles. The van der Waals surface area contributed by atoms with Crippen molar-refractivity contribution in [1.82, 2.24) is 0 Å². The lowest BCUT2D eigenvalue weighted by atomic mass is 9.76. The van der Waals surface area contributed by atoms with Gasteiger partial charge in [0.25, 0.3) is 0 Å². The van der Waals surface area contributed by atoms with E-state index >= 15 is 0 Å². The number of carboxylic acid groups (broad SMARTS) is 1. The molecular formula is C23H20O5. The summed E-state index contributed by atoms with van der Waals surface area (Å²) in [5, 5.41) is 18.6. The van der Waals surface area contributed by atoms with E-state index in [2.05, 4.69) is 12.1 Å². The van der Waals surface area contributed by atoms with Crippen molar-refractivity contribution in [2.45, 2.75) is 11.8 Å². The maximum absolute atomic E-state index is 10.7. The van der Waals surface area contributed by atoms with Gasteiger partial charge in [-0.25, -0.2) is 4.79 Å². The molecule has 5 nitrogen and oxygen atoms in total. The fourth-order valence-electron chi connectivity index (χ4n) is 3.71. The lowest BCUT2D eigenvalue weighted by Gasteiger charge is -2.34. The number of hydrogen-bond donors (Lipinski definition) is 2. The number of rotatable bonds is 5. The second kappa shape index (κ2) is 7.64. The van der Waals surface area contributed by atoms with E-state index in [0.717, 1.165) is 11.1 Å². The maximum atomic E-state index is 10.7. The summed E-state index contributed by atoms with van der Waals surface area (Å²) < 4.78 is 11.2. The first-order valence-corrected chi connectivity index (χ1v) is 9.07. The van der Waals surface area contributed by atoms with Gasteiger partial charge in [-0.1, -0.05) is 48.5 Å². The Morgan fingerprint density at radius 1 is 1.00 bits per heavy atom. The molecule has 4 rings (SSSR count). The van der Waals surface area contributed by atoms with Gasteiger partial charge in [0.05, 0.1) is 6.61 Å². The molecule has 1 aliphatic heterocycles. The standard InChI is InChI=1S/C23H20O5/c24-17-8-11-19-21(12-17)28-13-20(15-4-2-1-3-5-15)23(19)16-6-9-18(10-7-16)27-14-22(25)26/h1-12,20,23-24H,13-14H2,(H,25,26)/t20-,23-/m1/s1. The van der Waals surface area contributed by atoms with Crippen molar-refractivity contribution >= 4 is 5.97 Å². The molecule has 5 heteroatoms. The van der Waals surface area contributed by atoms with Crippen molar-refractivity contribution in [3.05, 3.63) is 89.5 Å². The number of fused-ring (bicyclic) bond motifs is 1. The third-order valence-corrected chi connectivity index (χ3v) is 4.98. The molecule has 0 spiro atoms. The van der Waals surface area contributed by atoms with Crippen LogP contribution < -0.4 is 9.47 Å². The fraction of sp³-hybridized carbons (Fsp3) is 0.174. The highest BCUT2D eigenvalue weighted by Crippen LogP contribution is 2.47. The monoisotopic (exact) mass is 376 g/mol. The number of phenols is 1. The first-order chi connectivity index (χ1) is 13.6. The molecule has 1 heterocycles. The van der Waals surface area contributed by atoms with Crippen LogP contribution in [0, 0.1) is 0 Å². The van der Waals surface area contributed by atoms with E-state index in [0.29, 0.717) is 18.1 Å². The number of aromatic hydroxyl groups is 1. The van der Waals surface area contributed by atoms with Gasteiger partial charge in [0.15, 0.2) is 6.61 Å². The fourth-order valence-corrected chi connectivity index (χ4v) is 3.71. The van der Waals surface area contributed by atoms with E-state index in [1.165, 1.54) is 5.56 Å². The third kappa shape index (κ3) is 3.64. The maximum Gasteiger partial charge on any atom is 0.341 e. The Morgan fingerprint density at radius 2 is 1.75 bits per heavy atom. The minimum Gasteiger partial charge on any atom is -0.508 e. The summed E-state index contributed by atoms with van der Waals surface area (Å²) in [7, 11) is 0. The zero-order valence-electron chi connectivity index (χ0n) is 15.1. The Kier molecular flexibility index (Phi) is 4.89. The van der Waals surface area contributed by atoms with Gasteiger partial charge >= 0.3 is 5.97 Å². The minimum absolute atomic E-state index is 0.0419. The summed E-state index contributed by atoms with van der Waals surface area (Å²) in [6, 6.07) is 22.9. The molecule has 0 fully saturated rings. The van der Waals surface area contributed by atoms with E-state index in [4.69, 9.17) is 14.6 Å². The molecule has 0 bridgehead atoms. The predicted molar refractivity (Wildman–Crippen MR) is 104 cm³/mol. The van der Waals surface area contributed by atoms with Crippen LogP contribution in [0.2, 0.25) is 0 Å². The number of phenolic OH excluding ortho intramolecular Hbond substituents is 1. The van der Waals surface area contributed by atoms with Gasteiger partial charge < -0.3 is 19.7 Å². The average Bonchev–Trinajstić information content (AvgIpc) is 2.72. The summed E-state index contributed by atoms with van der Waals surface area (Å²) in [4.78, 5) is 10.7. The normalized spacial score (nSPS) is 18.0. The Hall–Kier alpha value is -3.47. The Bertz CT molecular complexity index is 966. The summed E-state index contributed by atoms with van der Waals surface area (Å²) in [5.74, 6) is 0.521. The number of benzene rings is 3. The second-order valence-electron chi connectivity index (χ2n) is 6.78. The van der Waals surface area contributed by atoms with Crippen LogP contribution in [-0.4, -0.2) is 29.4 Å². The van der Waals surface area contributed by atoms with Crippen molar-refractivity contribution in [2.24, 2.45) is 0 Å². The van der Waals surface area contributed by atoms with Crippen molar-refractivity contribution in [2.75, 3.05) is 13.2 Å². The topological polar surface area (TPSA) is 76.0 Å². The number of carbonyl (C=O) groups is 1. The van der Waals surface area contributed by atoms with Gasteiger partial charge in [-0.05, 0) is 29.3 Å². The SMILES string of the molecule is O=C(O)COc1ccc([C@@H]2c3ccc(O)cc3OC[C@@H]2c2ccccc2)cc1. The molecule has 2 N–H and O–H groups in total. The lowest BCUT2D eigenvalue weighted by Crippen LogP contribution is -2.25. The van der Waals surface area contributed by atoms with Crippen LogP contribution >= 0.6 is 0 Å². The molecule has 0 saturated heterocycles. The first kappa shape index (κ1) is 17.9.